The predicted octanol–water partition coefficient (Wildman–Crippen LogP) is 1.74. The molecule has 1 fully saturated rings. The summed E-state index contributed by atoms with van der Waals surface area (Å²) in [5.74, 6) is -0.795. The van der Waals surface area contributed by atoms with Crippen LogP contribution >= 0.6 is 0 Å². The highest BCUT2D eigenvalue weighted by atomic mass is 32.2. The number of benzene rings is 1. The quantitative estimate of drug-likeness (QED) is 0.612. The minimum atomic E-state index is -3.88. The van der Waals surface area contributed by atoms with E-state index < -0.39 is 21.8 Å². The maximum Gasteiger partial charge on any atom is 0.271 e. The van der Waals surface area contributed by atoms with E-state index in [0.29, 0.717) is 18.8 Å². The van der Waals surface area contributed by atoms with Crippen LogP contribution in [-0.2, 0) is 10.0 Å². The number of carbonyl (C=O) groups excluding carboxylic acids is 2. The molecule has 1 aromatic carbocycles. The van der Waals surface area contributed by atoms with Gasteiger partial charge in [0, 0.05) is 18.7 Å². The summed E-state index contributed by atoms with van der Waals surface area (Å²) in [6, 6.07) is 4.18. The van der Waals surface area contributed by atoms with Crippen molar-refractivity contribution in [3.05, 3.63) is 35.2 Å². The number of aromatic nitrogens is 2. The second-order valence-corrected chi connectivity index (χ2v) is 9.93. The Bertz CT molecular complexity index is 1100. The van der Waals surface area contributed by atoms with Crippen molar-refractivity contribution in [2.24, 2.45) is 17.6 Å². The molecule has 2 atom stereocenters. The first-order valence-corrected chi connectivity index (χ1v) is 11.3. The number of hydrogen-bond donors (Lipinski definition) is 3. The molecule has 0 bridgehead atoms. The van der Waals surface area contributed by atoms with Crippen molar-refractivity contribution in [3.8, 4) is 5.75 Å². The standard InChI is InChI=1S/C20H27N5O5S/c1-11-7-12(2)10-25(9-11)31(28,29)16-8-14(5-6-15(16)30-4)20(27)22-17-13(3)23-24-18(17)19(21)26/h5-6,8,11-12H,7,9-10H2,1-4H3,(H2,21,26)(H,22,27)(H,23,24). The third-order valence-electron chi connectivity index (χ3n) is 5.30. The largest absolute Gasteiger partial charge is 0.495 e. The lowest BCUT2D eigenvalue weighted by atomic mass is 9.94. The van der Waals surface area contributed by atoms with Crippen LogP contribution in [0.3, 0.4) is 0 Å². The first-order valence-electron chi connectivity index (χ1n) is 9.88. The molecule has 0 saturated carbocycles. The molecule has 31 heavy (non-hydrogen) atoms. The van der Waals surface area contributed by atoms with Gasteiger partial charge in [0.1, 0.15) is 10.6 Å². The van der Waals surface area contributed by atoms with Crippen molar-refractivity contribution >= 4 is 27.5 Å². The maximum absolute atomic E-state index is 13.4. The van der Waals surface area contributed by atoms with Gasteiger partial charge in [0.05, 0.1) is 18.5 Å². The van der Waals surface area contributed by atoms with Crippen molar-refractivity contribution in [1.29, 1.82) is 0 Å². The molecule has 1 aliphatic rings. The van der Waals surface area contributed by atoms with Crippen LogP contribution in [0.4, 0.5) is 5.69 Å². The third-order valence-corrected chi connectivity index (χ3v) is 7.15. The number of nitrogens with one attached hydrogen (secondary N) is 2. The summed E-state index contributed by atoms with van der Waals surface area (Å²) in [4.78, 5) is 24.3. The maximum atomic E-state index is 13.4. The molecule has 3 rings (SSSR count). The van der Waals surface area contributed by atoms with Crippen LogP contribution in [0, 0.1) is 18.8 Å². The molecule has 1 aromatic heterocycles. The van der Waals surface area contributed by atoms with Crippen LogP contribution in [0.15, 0.2) is 23.1 Å². The molecular weight excluding hydrogens is 422 g/mol. The molecular formula is C20H27N5O5S. The van der Waals surface area contributed by atoms with Crippen LogP contribution in [0.2, 0.25) is 0 Å². The Kier molecular flexibility index (Phi) is 6.37. The van der Waals surface area contributed by atoms with E-state index in [1.165, 1.54) is 29.6 Å². The second kappa shape index (κ2) is 8.67. The van der Waals surface area contributed by atoms with Crippen LogP contribution in [0.25, 0.3) is 0 Å². The highest BCUT2D eigenvalue weighted by Crippen LogP contribution is 2.32. The molecule has 168 valence electrons. The molecule has 2 unspecified atom stereocenters. The molecule has 1 saturated heterocycles. The van der Waals surface area contributed by atoms with Gasteiger partial charge in [-0.15, -0.1) is 0 Å². The molecule has 11 heteroatoms. The summed E-state index contributed by atoms with van der Waals surface area (Å²) >= 11 is 0. The lowest BCUT2D eigenvalue weighted by Crippen LogP contribution is -2.42. The summed E-state index contributed by atoms with van der Waals surface area (Å²) in [6.45, 7) is 6.47. The molecule has 1 aliphatic heterocycles. The smallest absolute Gasteiger partial charge is 0.271 e. The number of primary amides is 1. The molecule has 4 N–H and O–H groups in total. The fourth-order valence-electron chi connectivity index (χ4n) is 3.91. The highest BCUT2D eigenvalue weighted by Gasteiger charge is 2.34. The SMILES string of the molecule is COc1ccc(C(=O)Nc2c(C(N)=O)n[nH]c2C)cc1S(=O)(=O)N1CC(C)CC(C)C1. The number of aromatic amines is 1. The summed E-state index contributed by atoms with van der Waals surface area (Å²) < 4.78 is 33.5. The van der Waals surface area contributed by atoms with Gasteiger partial charge in [0.25, 0.3) is 11.8 Å². The van der Waals surface area contributed by atoms with Gasteiger partial charge in [-0.3, -0.25) is 14.7 Å². The number of carbonyl (C=O) groups is 2. The monoisotopic (exact) mass is 449 g/mol. The summed E-state index contributed by atoms with van der Waals surface area (Å²) in [5.41, 5.74) is 5.87. The normalized spacial score (nSPS) is 19.7. The zero-order valence-electron chi connectivity index (χ0n) is 17.9. The Morgan fingerprint density at radius 2 is 1.90 bits per heavy atom. The number of methoxy groups -OCH3 is 1. The van der Waals surface area contributed by atoms with E-state index in [0.717, 1.165) is 6.42 Å². The summed E-state index contributed by atoms with van der Waals surface area (Å²) in [6.07, 6.45) is 0.956. The molecule has 0 aliphatic carbocycles. The number of nitrogens with zero attached hydrogens (tertiary/aromatic N) is 2. The number of hydrogen-bond acceptors (Lipinski definition) is 6. The van der Waals surface area contributed by atoms with Crippen LogP contribution in [0.1, 0.15) is 46.8 Å². The predicted molar refractivity (Wildman–Crippen MR) is 114 cm³/mol. The average molecular weight is 450 g/mol. The Balaban J connectivity index is 1.96. The minimum Gasteiger partial charge on any atom is -0.495 e. The Morgan fingerprint density at radius 1 is 1.26 bits per heavy atom. The lowest BCUT2D eigenvalue weighted by molar-refractivity contribution is 0.0996. The van der Waals surface area contributed by atoms with Gasteiger partial charge in [-0.25, -0.2) is 8.42 Å². The minimum absolute atomic E-state index is 0.0806. The number of ether oxygens (including phenoxy) is 1. The Morgan fingerprint density at radius 3 is 2.48 bits per heavy atom. The fraction of sp³-hybridized carbons (Fsp3) is 0.450. The van der Waals surface area contributed by atoms with Crippen molar-refractivity contribution in [2.45, 2.75) is 32.1 Å². The first-order chi connectivity index (χ1) is 14.5. The highest BCUT2D eigenvalue weighted by molar-refractivity contribution is 7.89. The van der Waals surface area contributed by atoms with Gasteiger partial charge >= 0.3 is 0 Å². The van der Waals surface area contributed by atoms with Gasteiger partial charge in [0.15, 0.2) is 5.69 Å². The van der Waals surface area contributed by atoms with E-state index in [-0.39, 0.29) is 39.4 Å². The lowest BCUT2D eigenvalue weighted by Gasteiger charge is -2.34. The number of sulfonamides is 1. The molecule has 0 radical (unpaired) electrons. The van der Waals surface area contributed by atoms with E-state index in [2.05, 4.69) is 15.5 Å². The van der Waals surface area contributed by atoms with E-state index in [9.17, 15) is 18.0 Å². The number of aryl methyl sites for hydroxylation is 1. The van der Waals surface area contributed by atoms with Gasteiger partial charge in [-0.2, -0.15) is 9.40 Å². The first kappa shape index (κ1) is 22.8. The topological polar surface area (TPSA) is 147 Å². The molecule has 2 amide bonds. The Labute approximate surface area is 181 Å². The van der Waals surface area contributed by atoms with E-state index in [4.69, 9.17) is 10.5 Å². The van der Waals surface area contributed by atoms with Crippen LogP contribution < -0.4 is 15.8 Å². The zero-order valence-corrected chi connectivity index (χ0v) is 18.7. The van der Waals surface area contributed by atoms with Gasteiger partial charge < -0.3 is 15.8 Å². The third kappa shape index (κ3) is 4.57. The van der Waals surface area contributed by atoms with Gasteiger partial charge in [-0.05, 0) is 43.4 Å². The molecule has 0 spiro atoms. The average Bonchev–Trinajstić information content (AvgIpc) is 3.07. The van der Waals surface area contributed by atoms with Crippen LogP contribution in [-0.4, -0.2) is 54.9 Å². The second-order valence-electron chi connectivity index (χ2n) is 8.02. The molecule has 2 aromatic rings. The van der Waals surface area contributed by atoms with E-state index in [1.807, 2.05) is 13.8 Å². The summed E-state index contributed by atoms with van der Waals surface area (Å²) in [5, 5.41) is 8.96. The zero-order chi connectivity index (χ0) is 22.9. The number of nitrogens with two attached hydrogens (primary N) is 1. The van der Waals surface area contributed by atoms with Gasteiger partial charge in [0.2, 0.25) is 10.0 Å². The number of anilines is 1. The van der Waals surface area contributed by atoms with Crippen molar-refractivity contribution in [2.75, 3.05) is 25.5 Å². The van der Waals surface area contributed by atoms with Crippen molar-refractivity contribution in [3.63, 3.8) is 0 Å². The van der Waals surface area contributed by atoms with E-state index in [1.54, 1.807) is 6.92 Å². The number of H-pyrrole nitrogens is 1. The number of piperidine rings is 1. The fourth-order valence-corrected chi connectivity index (χ4v) is 5.77. The van der Waals surface area contributed by atoms with Crippen molar-refractivity contribution < 1.29 is 22.7 Å². The van der Waals surface area contributed by atoms with Gasteiger partial charge in [-0.1, -0.05) is 13.8 Å². The molecule has 2 heterocycles. The number of amides is 2. The number of rotatable bonds is 6. The van der Waals surface area contributed by atoms with Crippen molar-refractivity contribution in [1.82, 2.24) is 14.5 Å². The van der Waals surface area contributed by atoms with Crippen LogP contribution in [0.5, 0.6) is 5.75 Å². The Hall–Kier alpha value is -2.92. The summed E-state index contributed by atoms with van der Waals surface area (Å²) in [7, 11) is -2.50. The molecule has 10 nitrogen and oxygen atoms in total. The van der Waals surface area contributed by atoms with E-state index >= 15 is 0 Å².